The van der Waals surface area contributed by atoms with Crippen molar-refractivity contribution in [3.8, 4) is 0 Å². The van der Waals surface area contributed by atoms with Crippen molar-refractivity contribution in [2.75, 3.05) is 13.1 Å². The molecule has 2 heterocycles. The molecule has 3 nitrogen and oxygen atoms in total. The maximum atomic E-state index is 10.4. The maximum Gasteiger partial charge on any atom is 0.0999 e. The summed E-state index contributed by atoms with van der Waals surface area (Å²) in [6.45, 7) is 2.39. The zero-order chi connectivity index (χ0) is 16.4. The molecule has 1 aliphatic heterocycles. The van der Waals surface area contributed by atoms with Gasteiger partial charge in [0.1, 0.15) is 0 Å². The Kier molecular flexibility index (Phi) is 4.63. The molecule has 4 rings (SSSR count). The van der Waals surface area contributed by atoms with Gasteiger partial charge in [-0.2, -0.15) is 0 Å². The van der Waals surface area contributed by atoms with E-state index in [9.17, 15) is 5.11 Å². The Labute approximate surface area is 144 Å². The molecule has 0 amide bonds. The number of aliphatic hydroxyl groups excluding tert-OH is 1. The fourth-order valence-corrected chi connectivity index (χ4v) is 3.94. The lowest BCUT2D eigenvalue weighted by atomic mass is 9.91. The molecule has 1 saturated carbocycles. The molecule has 1 aromatic carbocycles. The van der Waals surface area contributed by atoms with E-state index in [0.717, 1.165) is 24.6 Å². The molecule has 0 bridgehead atoms. The Hall–Kier alpha value is -1.71. The zero-order valence-electron chi connectivity index (χ0n) is 14.2. The molecule has 2 aromatic rings. The molecule has 1 fully saturated rings. The van der Waals surface area contributed by atoms with E-state index in [1.807, 2.05) is 18.2 Å². The van der Waals surface area contributed by atoms with Gasteiger partial charge in [0.2, 0.25) is 0 Å². The lowest BCUT2D eigenvalue weighted by Crippen LogP contribution is -2.41. The van der Waals surface area contributed by atoms with Crippen molar-refractivity contribution in [3.63, 3.8) is 0 Å². The van der Waals surface area contributed by atoms with Gasteiger partial charge in [-0.3, -0.25) is 9.88 Å². The highest BCUT2D eigenvalue weighted by Gasteiger charge is 2.26. The molecule has 2 aliphatic rings. The van der Waals surface area contributed by atoms with Crippen LogP contribution in [0, 0.1) is 0 Å². The van der Waals surface area contributed by atoms with E-state index in [0.29, 0.717) is 6.42 Å². The molecule has 0 saturated heterocycles. The second kappa shape index (κ2) is 7.04. The van der Waals surface area contributed by atoms with Crippen LogP contribution in [0.25, 0.3) is 0 Å². The van der Waals surface area contributed by atoms with Gasteiger partial charge in [-0.05, 0) is 54.5 Å². The third-order valence-electron chi connectivity index (χ3n) is 5.66. The van der Waals surface area contributed by atoms with Crippen LogP contribution in [0.2, 0.25) is 0 Å². The molecule has 1 atom stereocenters. The van der Waals surface area contributed by atoms with Gasteiger partial charge in [-0.25, -0.2) is 0 Å². The highest BCUT2D eigenvalue weighted by Crippen LogP contribution is 2.28. The van der Waals surface area contributed by atoms with Gasteiger partial charge >= 0.3 is 0 Å². The van der Waals surface area contributed by atoms with E-state index in [-0.39, 0.29) is 0 Å². The SMILES string of the molecule is OC(Cc1ccc2c(c1)CCN(C1CCC1)CC2)c1ccccn1. The van der Waals surface area contributed by atoms with Gasteiger partial charge in [0, 0.05) is 31.7 Å². The van der Waals surface area contributed by atoms with Crippen molar-refractivity contribution in [2.24, 2.45) is 0 Å². The van der Waals surface area contributed by atoms with Crippen LogP contribution in [0.4, 0.5) is 0 Å². The van der Waals surface area contributed by atoms with Gasteiger partial charge in [-0.15, -0.1) is 0 Å². The van der Waals surface area contributed by atoms with E-state index >= 15 is 0 Å². The summed E-state index contributed by atoms with van der Waals surface area (Å²) in [5.41, 5.74) is 4.93. The van der Waals surface area contributed by atoms with Crippen LogP contribution < -0.4 is 0 Å². The third-order valence-corrected chi connectivity index (χ3v) is 5.66. The van der Waals surface area contributed by atoms with E-state index in [1.54, 1.807) is 6.20 Å². The predicted molar refractivity (Wildman–Crippen MR) is 96.0 cm³/mol. The second-order valence-electron chi connectivity index (χ2n) is 7.20. The maximum absolute atomic E-state index is 10.4. The summed E-state index contributed by atoms with van der Waals surface area (Å²) in [7, 11) is 0. The quantitative estimate of drug-likeness (QED) is 0.938. The first-order chi connectivity index (χ1) is 11.8. The van der Waals surface area contributed by atoms with Gasteiger partial charge < -0.3 is 5.11 Å². The van der Waals surface area contributed by atoms with Crippen molar-refractivity contribution >= 4 is 0 Å². The number of aliphatic hydroxyl groups is 1. The molecule has 1 unspecified atom stereocenters. The molecule has 3 heteroatoms. The lowest BCUT2D eigenvalue weighted by Gasteiger charge is -2.36. The second-order valence-corrected chi connectivity index (χ2v) is 7.20. The minimum absolute atomic E-state index is 0.526. The van der Waals surface area contributed by atoms with Crippen LogP contribution in [0.15, 0.2) is 42.6 Å². The lowest BCUT2D eigenvalue weighted by molar-refractivity contribution is 0.133. The molecule has 0 radical (unpaired) electrons. The molecule has 0 spiro atoms. The van der Waals surface area contributed by atoms with Crippen LogP contribution in [-0.4, -0.2) is 34.1 Å². The normalized spacial score (nSPS) is 20.0. The largest absolute Gasteiger partial charge is 0.386 e. The van der Waals surface area contributed by atoms with Crippen molar-refractivity contribution in [2.45, 2.75) is 50.7 Å². The highest BCUT2D eigenvalue weighted by molar-refractivity contribution is 5.34. The number of benzene rings is 1. The minimum atomic E-state index is -0.526. The summed E-state index contributed by atoms with van der Waals surface area (Å²) in [4.78, 5) is 6.95. The number of hydrogen-bond donors (Lipinski definition) is 1. The minimum Gasteiger partial charge on any atom is -0.386 e. The van der Waals surface area contributed by atoms with Crippen LogP contribution in [-0.2, 0) is 19.3 Å². The van der Waals surface area contributed by atoms with E-state index in [4.69, 9.17) is 0 Å². The smallest absolute Gasteiger partial charge is 0.0999 e. The van der Waals surface area contributed by atoms with Crippen molar-refractivity contribution < 1.29 is 5.11 Å². The molecule has 1 aromatic heterocycles. The predicted octanol–water partition coefficient (Wildman–Crippen LogP) is 3.31. The van der Waals surface area contributed by atoms with Crippen LogP contribution >= 0.6 is 0 Å². The number of pyridine rings is 1. The molecule has 1 N–H and O–H groups in total. The van der Waals surface area contributed by atoms with Gasteiger partial charge in [0.25, 0.3) is 0 Å². The summed E-state index contributed by atoms with van der Waals surface area (Å²) >= 11 is 0. The summed E-state index contributed by atoms with van der Waals surface area (Å²) in [6, 6.07) is 13.3. The van der Waals surface area contributed by atoms with Gasteiger partial charge in [0.05, 0.1) is 11.8 Å². The van der Waals surface area contributed by atoms with Crippen LogP contribution in [0.3, 0.4) is 0 Å². The van der Waals surface area contributed by atoms with Crippen LogP contribution in [0.5, 0.6) is 0 Å². The number of aromatic nitrogens is 1. The molecule has 1 aliphatic carbocycles. The van der Waals surface area contributed by atoms with Gasteiger partial charge in [-0.1, -0.05) is 30.7 Å². The molecular weight excluding hydrogens is 296 g/mol. The molecule has 24 heavy (non-hydrogen) atoms. The standard InChI is InChI=1S/C21H26N2O/c24-21(20-6-1-2-11-22-20)15-16-7-8-17-9-12-23(19-4-3-5-19)13-10-18(17)14-16/h1-2,6-8,11,14,19,21,24H,3-5,9-10,12-13,15H2. The van der Waals surface area contributed by atoms with E-state index < -0.39 is 6.10 Å². The monoisotopic (exact) mass is 322 g/mol. The fraction of sp³-hybridized carbons (Fsp3) is 0.476. The Bertz CT molecular complexity index is 681. The Morgan fingerprint density at radius 2 is 1.92 bits per heavy atom. The average Bonchev–Trinajstić information content (AvgIpc) is 2.77. The first-order valence-electron chi connectivity index (χ1n) is 9.23. The summed E-state index contributed by atoms with van der Waals surface area (Å²) < 4.78 is 0. The van der Waals surface area contributed by atoms with E-state index in [2.05, 4.69) is 28.1 Å². The Morgan fingerprint density at radius 3 is 2.62 bits per heavy atom. The number of fused-ring (bicyclic) bond motifs is 1. The third kappa shape index (κ3) is 3.38. The Balaban J connectivity index is 1.45. The number of rotatable bonds is 4. The topological polar surface area (TPSA) is 36.4 Å². The first kappa shape index (κ1) is 15.8. The number of nitrogens with zero attached hydrogens (tertiary/aromatic N) is 2. The zero-order valence-corrected chi connectivity index (χ0v) is 14.2. The Morgan fingerprint density at radius 1 is 1.08 bits per heavy atom. The van der Waals surface area contributed by atoms with Crippen molar-refractivity contribution in [1.82, 2.24) is 9.88 Å². The highest BCUT2D eigenvalue weighted by atomic mass is 16.3. The molecular formula is C21H26N2O. The summed E-state index contributed by atoms with van der Waals surface area (Å²) in [5.74, 6) is 0. The van der Waals surface area contributed by atoms with E-state index in [1.165, 1.54) is 49.0 Å². The van der Waals surface area contributed by atoms with Gasteiger partial charge in [0.15, 0.2) is 0 Å². The molecule has 126 valence electrons. The van der Waals surface area contributed by atoms with Crippen LogP contribution in [0.1, 0.15) is 47.8 Å². The van der Waals surface area contributed by atoms with Crippen molar-refractivity contribution in [3.05, 3.63) is 65.0 Å². The average molecular weight is 322 g/mol. The summed E-state index contributed by atoms with van der Waals surface area (Å²) in [6.07, 6.45) is 8.33. The number of hydrogen-bond acceptors (Lipinski definition) is 3. The fourth-order valence-electron chi connectivity index (χ4n) is 3.94. The first-order valence-corrected chi connectivity index (χ1v) is 9.23. The van der Waals surface area contributed by atoms with Crippen molar-refractivity contribution in [1.29, 1.82) is 0 Å². The summed E-state index contributed by atoms with van der Waals surface area (Å²) in [5, 5.41) is 10.4.